The smallest absolute Gasteiger partial charge is 0.266 e. The molecular weight excluding hydrogens is 156 g/mol. The van der Waals surface area contributed by atoms with Crippen molar-refractivity contribution in [1.29, 1.82) is 0 Å². The Labute approximate surface area is 69.7 Å². The normalized spacial score (nSPS) is 10.2. The van der Waals surface area contributed by atoms with Gasteiger partial charge < -0.3 is 4.98 Å². The molecule has 0 amide bonds. The molecule has 0 radical (unpaired) electrons. The van der Waals surface area contributed by atoms with Gasteiger partial charge in [-0.2, -0.15) is 0 Å². The Hall–Kier alpha value is -1.45. The molecular formula is C8H10N2O2. The van der Waals surface area contributed by atoms with E-state index in [-0.39, 0.29) is 23.0 Å². The lowest BCUT2D eigenvalue weighted by Crippen LogP contribution is -2.16. The first-order valence-corrected chi connectivity index (χ1v) is 3.70. The largest absolute Gasteiger partial charge is 0.317 e. The van der Waals surface area contributed by atoms with E-state index in [2.05, 4.69) is 9.97 Å². The predicted octanol–water partition coefficient (Wildman–Crippen LogP) is 0.609. The van der Waals surface area contributed by atoms with Crippen LogP contribution in [0.4, 0.5) is 0 Å². The highest BCUT2D eigenvalue weighted by molar-refractivity contribution is 5.95. The number of nitrogens with one attached hydrogen (secondary N) is 1. The highest BCUT2D eigenvalue weighted by Crippen LogP contribution is 2.01. The maximum absolute atomic E-state index is 11.3. The van der Waals surface area contributed by atoms with E-state index in [4.69, 9.17) is 0 Å². The zero-order valence-corrected chi connectivity index (χ0v) is 7.00. The number of Topliss-reactive ketones (excluding diaryl/α,β-unsaturated/α-hetero) is 1. The molecule has 64 valence electrons. The monoisotopic (exact) mass is 166 g/mol. The van der Waals surface area contributed by atoms with Gasteiger partial charge in [-0.1, -0.05) is 13.8 Å². The summed E-state index contributed by atoms with van der Waals surface area (Å²) >= 11 is 0. The number of carbonyl (C=O) groups excluding carboxylic acids is 1. The Morgan fingerprint density at radius 3 is 2.67 bits per heavy atom. The van der Waals surface area contributed by atoms with E-state index in [0.717, 1.165) is 6.20 Å². The number of rotatable bonds is 2. The summed E-state index contributed by atoms with van der Waals surface area (Å²) in [6, 6.07) is 0. The van der Waals surface area contributed by atoms with Crippen LogP contribution < -0.4 is 5.56 Å². The van der Waals surface area contributed by atoms with Gasteiger partial charge in [0, 0.05) is 5.92 Å². The molecule has 1 aromatic rings. The summed E-state index contributed by atoms with van der Waals surface area (Å²) in [4.78, 5) is 28.1. The molecule has 12 heavy (non-hydrogen) atoms. The third kappa shape index (κ3) is 1.78. The number of carbonyl (C=O) groups is 1. The first-order chi connectivity index (χ1) is 5.61. The van der Waals surface area contributed by atoms with E-state index in [9.17, 15) is 9.59 Å². The fourth-order valence-electron chi connectivity index (χ4n) is 0.813. The average Bonchev–Trinajstić information content (AvgIpc) is 2.03. The van der Waals surface area contributed by atoms with Crippen molar-refractivity contribution in [2.75, 3.05) is 0 Å². The van der Waals surface area contributed by atoms with E-state index in [1.165, 1.54) is 6.20 Å². The van der Waals surface area contributed by atoms with E-state index in [0.29, 0.717) is 0 Å². The van der Waals surface area contributed by atoms with Gasteiger partial charge in [-0.15, -0.1) is 0 Å². The van der Waals surface area contributed by atoms with Crippen LogP contribution in [0.2, 0.25) is 0 Å². The summed E-state index contributed by atoms with van der Waals surface area (Å²) < 4.78 is 0. The van der Waals surface area contributed by atoms with Crippen molar-refractivity contribution in [3.63, 3.8) is 0 Å². The van der Waals surface area contributed by atoms with Gasteiger partial charge in [-0.25, -0.2) is 0 Å². The van der Waals surface area contributed by atoms with Crippen LogP contribution in [-0.2, 0) is 0 Å². The van der Waals surface area contributed by atoms with Crippen molar-refractivity contribution in [2.45, 2.75) is 13.8 Å². The maximum atomic E-state index is 11.3. The highest BCUT2D eigenvalue weighted by atomic mass is 16.1. The molecule has 0 saturated carbocycles. The number of ketones is 1. The van der Waals surface area contributed by atoms with E-state index in [1.807, 2.05) is 0 Å². The van der Waals surface area contributed by atoms with Crippen molar-refractivity contribution in [3.8, 4) is 0 Å². The molecule has 0 saturated heterocycles. The molecule has 1 rings (SSSR count). The standard InChI is InChI=1S/C8H10N2O2/c1-5(2)8(12)6-3-9-4-7(11)10-6/h3-5H,1-2H3,(H,10,11). The Balaban J connectivity index is 3.04. The third-order valence-electron chi connectivity index (χ3n) is 1.44. The number of aromatic amines is 1. The predicted molar refractivity (Wildman–Crippen MR) is 44.0 cm³/mol. The Morgan fingerprint density at radius 2 is 2.17 bits per heavy atom. The number of hydrogen-bond acceptors (Lipinski definition) is 3. The fraction of sp³-hybridized carbons (Fsp3) is 0.375. The molecule has 0 aliphatic carbocycles. The lowest BCUT2D eigenvalue weighted by Gasteiger charge is -2.01. The molecule has 0 unspecified atom stereocenters. The van der Waals surface area contributed by atoms with Gasteiger partial charge in [0.15, 0.2) is 5.78 Å². The van der Waals surface area contributed by atoms with Gasteiger partial charge in [0.1, 0.15) is 5.69 Å². The topological polar surface area (TPSA) is 62.8 Å². The lowest BCUT2D eigenvalue weighted by atomic mass is 10.1. The molecule has 0 aliphatic heterocycles. The third-order valence-corrected chi connectivity index (χ3v) is 1.44. The summed E-state index contributed by atoms with van der Waals surface area (Å²) in [5.74, 6) is -0.218. The van der Waals surface area contributed by atoms with Crippen molar-refractivity contribution in [1.82, 2.24) is 9.97 Å². The second-order valence-electron chi connectivity index (χ2n) is 2.83. The summed E-state index contributed by atoms with van der Waals surface area (Å²) in [6.45, 7) is 3.54. The summed E-state index contributed by atoms with van der Waals surface area (Å²) in [6.07, 6.45) is 2.50. The molecule has 1 heterocycles. The van der Waals surface area contributed by atoms with Crippen molar-refractivity contribution in [3.05, 3.63) is 28.4 Å². The van der Waals surface area contributed by atoms with Crippen LogP contribution in [0.25, 0.3) is 0 Å². The van der Waals surface area contributed by atoms with Crippen LogP contribution in [0.1, 0.15) is 24.3 Å². The van der Waals surface area contributed by atoms with Crippen LogP contribution >= 0.6 is 0 Å². The number of H-pyrrole nitrogens is 1. The second-order valence-corrected chi connectivity index (χ2v) is 2.83. The minimum atomic E-state index is -0.346. The maximum Gasteiger partial charge on any atom is 0.266 e. The van der Waals surface area contributed by atoms with E-state index < -0.39 is 0 Å². The molecule has 0 aliphatic rings. The van der Waals surface area contributed by atoms with Crippen molar-refractivity contribution >= 4 is 5.78 Å². The Kier molecular flexibility index (Phi) is 2.38. The molecule has 0 fully saturated rings. The van der Waals surface area contributed by atoms with Gasteiger partial charge in [-0.3, -0.25) is 14.6 Å². The van der Waals surface area contributed by atoms with Crippen LogP contribution in [-0.4, -0.2) is 15.8 Å². The second kappa shape index (κ2) is 3.30. The van der Waals surface area contributed by atoms with E-state index >= 15 is 0 Å². The van der Waals surface area contributed by atoms with Gasteiger partial charge in [0.05, 0.1) is 12.4 Å². The minimum Gasteiger partial charge on any atom is -0.317 e. The average molecular weight is 166 g/mol. The van der Waals surface area contributed by atoms with Crippen molar-refractivity contribution in [2.24, 2.45) is 5.92 Å². The van der Waals surface area contributed by atoms with Crippen LogP contribution in [0.5, 0.6) is 0 Å². The molecule has 0 bridgehead atoms. The van der Waals surface area contributed by atoms with Gasteiger partial charge >= 0.3 is 0 Å². The Bertz CT molecular complexity index is 341. The van der Waals surface area contributed by atoms with Crippen LogP contribution in [0.15, 0.2) is 17.2 Å². The molecule has 0 aromatic carbocycles. The van der Waals surface area contributed by atoms with Gasteiger partial charge in [0.25, 0.3) is 5.56 Å². The molecule has 1 aromatic heterocycles. The van der Waals surface area contributed by atoms with Crippen molar-refractivity contribution < 1.29 is 4.79 Å². The minimum absolute atomic E-state index is 0.0970. The number of aromatic nitrogens is 2. The molecule has 0 spiro atoms. The number of nitrogens with zero attached hydrogens (tertiary/aromatic N) is 1. The van der Waals surface area contributed by atoms with E-state index in [1.54, 1.807) is 13.8 Å². The summed E-state index contributed by atoms with van der Waals surface area (Å²) in [5.41, 5.74) is -0.0704. The van der Waals surface area contributed by atoms with Gasteiger partial charge in [0.2, 0.25) is 0 Å². The Morgan fingerprint density at radius 1 is 1.50 bits per heavy atom. The van der Waals surface area contributed by atoms with Crippen LogP contribution in [0, 0.1) is 5.92 Å². The summed E-state index contributed by atoms with van der Waals surface area (Å²) in [5, 5.41) is 0. The zero-order chi connectivity index (χ0) is 9.14. The molecule has 1 N–H and O–H groups in total. The summed E-state index contributed by atoms with van der Waals surface area (Å²) in [7, 11) is 0. The molecule has 4 heteroatoms. The zero-order valence-electron chi connectivity index (χ0n) is 7.00. The van der Waals surface area contributed by atoms with Crippen LogP contribution in [0.3, 0.4) is 0 Å². The highest BCUT2D eigenvalue weighted by Gasteiger charge is 2.10. The van der Waals surface area contributed by atoms with Gasteiger partial charge in [-0.05, 0) is 0 Å². The molecule has 4 nitrogen and oxygen atoms in total. The molecule has 0 atom stereocenters. The first kappa shape index (κ1) is 8.64. The lowest BCUT2D eigenvalue weighted by molar-refractivity contribution is 0.0933. The fourth-order valence-corrected chi connectivity index (χ4v) is 0.813. The first-order valence-electron chi connectivity index (χ1n) is 3.70. The SMILES string of the molecule is CC(C)C(=O)c1cncc(=O)[nH]1. The number of hydrogen-bond donors (Lipinski definition) is 1. The quantitative estimate of drug-likeness (QED) is 0.654.